The number of amides is 1. The van der Waals surface area contributed by atoms with Crippen LogP contribution in [0.3, 0.4) is 0 Å². The summed E-state index contributed by atoms with van der Waals surface area (Å²) in [6, 6.07) is 0.315. The predicted molar refractivity (Wildman–Crippen MR) is 90.0 cm³/mol. The second-order valence-electron chi connectivity index (χ2n) is 7.79. The maximum absolute atomic E-state index is 13.1. The third kappa shape index (κ3) is 2.97. The number of aromatic nitrogens is 2. The second kappa shape index (κ2) is 6.48. The maximum Gasteiger partial charge on any atom is 0.225 e. The zero-order valence-electron chi connectivity index (χ0n) is 14.4. The lowest BCUT2D eigenvalue weighted by atomic mass is 9.65. The van der Waals surface area contributed by atoms with E-state index in [-0.39, 0.29) is 12.0 Å². The first-order valence-corrected chi connectivity index (χ1v) is 9.26. The average Bonchev–Trinajstić information content (AvgIpc) is 3.01. The van der Waals surface area contributed by atoms with Gasteiger partial charge in [-0.25, -0.2) is 0 Å². The Labute approximate surface area is 143 Å². The fourth-order valence-corrected chi connectivity index (χ4v) is 4.91. The number of hydrogen-bond acceptors (Lipinski definition) is 4. The Kier molecular flexibility index (Phi) is 4.35. The van der Waals surface area contributed by atoms with Crippen molar-refractivity contribution >= 4 is 5.91 Å². The summed E-state index contributed by atoms with van der Waals surface area (Å²) in [5, 5.41) is 4.22. The molecule has 1 saturated heterocycles. The highest BCUT2D eigenvalue weighted by molar-refractivity contribution is 5.79. The standard InChI is InChI=1S/C18H28N4O2/c1-21-10-15(9-20-21)16-11-22(5-6-24-16)18(23)14-7-12-3-2-4-13(8-14)17(12)19/h9-10,12-14,16-17H,2-8,11,19H2,1H3. The largest absolute Gasteiger partial charge is 0.370 e. The summed E-state index contributed by atoms with van der Waals surface area (Å²) in [5.74, 6) is 1.56. The Hall–Kier alpha value is -1.40. The van der Waals surface area contributed by atoms with Crippen LogP contribution in [0.1, 0.15) is 43.8 Å². The lowest BCUT2D eigenvalue weighted by Crippen LogP contribution is -2.51. The molecular formula is C18H28N4O2. The Balaban J connectivity index is 1.42. The maximum atomic E-state index is 13.1. The van der Waals surface area contributed by atoms with Gasteiger partial charge in [-0.3, -0.25) is 9.48 Å². The smallest absolute Gasteiger partial charge is 0.225 e. The number of nitrogens with two attached hydrogens (primary N) is 1. The first kappa shape index (κ1) is 16.1. The highest BCUT2D eigenvalue weighted by Gasteiger charge is 2.42. The molecule has 2 bridgehead atoms. The highest BCUT2D eigenvalue weighted by Crippen LogP contribution is 2.42. The van der Waals surface area contributed by atoms with Crippen molar-refractivity contribution in [3.63, 3.8) is 0 Å². The minimum absolute atomic E-state index is 0.0539. The van der Waals surface area contributed by atoms with Gasteiger partial charge in [0, 0.05) is 37.3 Å². The molecule has 2 saturated carbocycles. The van der Waals surface area contributed by atoms with Crippen molar-refractivity contribution in [1.82, 2.24) is 14.7 Å². The Morgan fingerprint density at radius 3 is 2.75 bits per heavy atom. The van der Waals surface area contributed by atoms with Crippen LogP contribution in [0.2, 0.25) is 0 Å². The molecule has 1 aromatic heterocycles. The van der Waals surface area contributed by atoms with E-state index in [9.17, 15) is 4.79 Å². The van der Waals surface area contributed by atoms with Gasteiger partial charge < -0.3 is 15.4 Å². The van der Waals surface area contributed by atoms with E-state index < -0.39 is 0 Å². The summed E-state index contributed by atoms with van der Waals surface area (Å²) in [7, 11) is 1.90. The van der Waals surface area contributed by atoms with Crippen LogP contribution in [0, 0.1) is 17.8 Å². The topological polar surface area (TPSA) is 73.4 Å². The first-order valence-electron chi connectivity index (χ1n) is 9.26. The summed E-state index contributed by atoms with van der Waals surface area (Å²) < 4.78 is 7.65. The molecular weight excluding hydrogens is 304 g/mol. The van der Waals surface area contributed by atoms with Crippen LogP contribution in [0.4, 0.5) is 0 Å². The normalized spacial score (nSPS) is 36.6. The zero-order chi connectivity index (χ0) is 16.7. The summed E-state index contributed by atoms with van der Waals surface area (Å²) in [6.07, 6.45) is 9.39. The van der Waals surface area contributed by atoms with Crippen LogP contribution in [0.25, 0.3) is 0 Å². The predicted octanol–water partition coefficient (Wildman–Crippen LogP) is 1.47. The third-order valence-corrected chi connectivity index (χ3v) is 6.24. The average molecular weight is 332 g/mol. The number of morpholine rings is 1. The van der Waals surface area contributed by atoms with E-state index in [1.165, 1.54) is 19.3 Å². The minimum atomic E-state index is -0.0539. The first-order chi connectivity index (χ1) is 11.6. The van der Waals surface area contributed by atoms with Crippen LogP contribution in [-0.4, -0.2) is 46.3 Å². The van der Waals surface area contributed by atoms with Gasteiger partial charge in [0.05, 0.1) is 19.3 Å². The molecule has 0 spiro atoms. The number of aryl methyl sites for hydroxylation is 1. The summed E-state index contributed by atoms with van der Waals surface area (Å²) in [5.41, 5.74) is 7.42. The minimum Gasteiger partial charge on any atom is -0.370 e. The molecule has 3 aliphatic rings. The molecule has 4 rings (SSSR count). The molecule has 132 valence electrons. The number of carbonyl (C=O) groups is 1. The van der Waals surface area contributed by atoms with E-state index in [1.54, 1.807) is 4.68 Å². The van der Waals surface area contributed by atoms with Gasteiger partial charge in [-0.1, -0.05) is 6.42 Å². The lowest BCUT2D eigenvalue weighted by molar-refractivity contribution is -0.146. The van der Waals surface area contributed by atoms with Crippen molar-refractivity contribution in [2.24, 2.45) is 30.5 Å². The SMILES string of the molecule is Cn1cc(C2CN(C(=O)C3CC4CCCC(C3)C4N)CCO2)cn1. The van der Waals surface area contributed by atoms with Crippen molar-refractivity contribution in [2.45, 2.75) is 44.2 Å². The van der Waals surface area contributed by atoms with Crippen molar-refractivity contribution in [3.8, 4) is 0 Å². The van der Waals surface area contributed by atoms with Crippen LogP contribution in [-0.2, 0) is 16.6 Å². The number of hydrogen-bond donors (Lipinski definition) is 1. The van der Waals surface area contributed by atoms with Gasteiger partial charge in [0.1, 0.15) is 6.10 Å². The zero-order valence-corrected chi connectivity index (χ0v) is 14.4. The molecule has 3 fully saturated rings. The van der Waals surface area contributed by atoms with Gasteiger partial charge in [-0.15, -0.1) is 0 Å². The Morgan fingerprint density at radius 1 is 1.33 bits per heavy atom. The molecule has 6 heteroatoms. The molecule has 1 aromatic rings. The van der Waals surface area contributed by atoms with Crippen LogP contribution < -0.4 is 5.73 Å². The Morgan fingerprint density at radius 2 is 2.08 bits per heavy atom. The summed E-state index contributed by atoms with van der Waals surface area (Å²) in [6.45, 7) is 1.94. The number of nitrogens with zero attached hydrogens (tertiary/aromatic N) is 3. The van der Waals surface area contributed by atoms with E-state index in [1.807, 2.05) is 24.3 Å². The van der Waals surface area contributed by atoms with Crippen molar-refractivity contribution < 1.29 is 9.53 Å². The van der Waals surface area contributed by atoms with E-state index in [2.05, 4.69) is 5.10 Å². The van der Waals surface area contributed by atoms with E-state index in [0.717, 1.165) is 18.4 Å². The number of fused-ring (bicyclic) bond motifs is 2. The summed E-state index contributed by atoms with van der Waals surface area (Å²) in [4.78, 5) is 15.1. The lowest BCUT2D eigenvalue weighted by Gasteiger charge is -2.45. The molecule has 24 heavy (non-hydrogen) atoms. The molecule has 0 aromatic carbocycles. The molecule has 3 atom stereocenters. The second-order valence-corrected chi connectivity index (χ2v) is 7.79. The molecule has 2 aliphatic carbocycles. The molecule has 2 N–H and O–H groups in total. The number of ether oxygens (including phenoxy) is 1. The fraction of sp³-hybridized carbons (Fsp3) is 0.778. The molecule has 0 radical (unpaired) electrons. The van der Waals surface area contributed by atoms with E-state index in [0.29, 0.717) is 43.5 Å². The van der Waals surface area contributed by atoms with E-state index >= 15 is 0 Å². The van der Waals surface area contributed by atoms with Gasteiger partial charge in [0.15, 0.2) is 0 Å². The molecule has 1 amide bonds. The van der Waals surface area contributed by atoms with Crippen molar-refractivity contribution in [2.75, 3.05) is 19.7 Å². The molecule has 3 unspecified atom stereocenters. The summed E-state index contributed by atoms with van der Waals surface area (Å²) >= 11 is 0. The van der Waals surface area contributed by atoms with Crippen molar-refractivity contribution in [3.05, 3.63) is 18.0 Å². The van der Waals surface area contributed by atoms with Crippen LogP contribution >= 0.6 is 0 Å². The quantitative estimate of drug-likeness (QED) is 0.890. The third-order valence-electron chi connectivity index (χ3n) is 6.24. The van der Waals surface area contributed by atoms with Gasteiger partial charge in [0.25, 0.3) is 0 Å². The molecule has 1 aliphatic heterocycles. The van der Waals surface area contributed by atoms with Crippen molar-refractivity contribution in [1.29, 1.82) is 0 Å². The van der Waals surface area contributed by atoms with Gasteiger partial charge in [-0.05, 0) is 37.5 Å². The number of rotatable bonds is 2. The monoisotopic (exact) mass is 332 g/mol. The van der Waals surface area contributed by atoms with Gasteiger partial charge in [0.2, 0.25) is 5.91 Å². The van der Waals surface area contributed by atoms with Crippen LogP contribution in [0.5, 0.6) is 0 Å². The van der Waals surface area contributed by atoms with Gasteiger partial charge >= 0.3 is 0 Å². The fourth-order valence-electron chi connectivity index (χ4n) is 4.91. The Bertz CT molecular complexity index is 588. The van der Waals surface area contributed by atoms with Gasteiger partial charge in [-0.2, -0.15) is 5.10 Å². The molecule has 2 heterocycles. The number of carbonyl (C=O) groups excluding carboxylic acids is 1. The van der Waals surface area contributed by atoms with Crippen LogP contribution in [0.15, 0.2) is 12.4 Å². The highest BCUT2D eigenvalue weighted by atomic mass is 16.5. The van der Waals surface area contributed by atoms with E-state index in [4.69, 9.17) is 10.5 Å². The molecule has 6 nitrogen and oxygen atoms in total.